The lowest BCUT2D eigenvalue weighted by Gasteiger charge is -2.19. The standard InChI is InChI=1S/C19H19BrN2O2/c1-23-18-7-2-4-15(10-18)13-24-19(12-22-9-8-21-14-22)16-5-3-6-17(20)11-16/h2-11,14,19H,12-13H2,1H3. The van der Waals surface area contributed by atoms with Crippen molar-refractivity contribution in [2.24, 2.45) is 0 Å². The Morgan fingerprint density at radius 1 is 1.17 bits per heavy atom. The lowest BCUT2D eigenvalue weighted by atomic mass is 10.1. The molecular formula is C19H19BrN2O2. The summed E-state index contributed by atoms with van der Waals surface area (Å²) in [6.07, 6.45) is 5.46. The van der Waals surface area contributed by atoms with E-state index in [-0.39, 0.29) is 6.10 Å². The van der Waals surface area contributed by atoms with E-state index in [1.165, 1.54) is 0 Å². The number of hydrogen-bond donors (Lipinski definition) is 0. The molecule has 0 radical (unpaired) electrons. The number of halogens is 1. The van der Waals surface area contributed by atoms with Crippen LogP contribution >= 0.6 is 15.9 Å². The number of benzene rings is 2. The van der Waals surface area contributed by atoms with Crippen molar-refractivity contribution in [3.05, 3.63) is 82.9 Å². The Balaban J connectivity index is 1.76. The number of nitrogens with zero attached hydrogens (tertiary/aromatic N) is 2. The Bertz CT molecular complexity index is 775. The maximum Gasteiger partial charge on any atom is 0.119 e. The normalized spacial score (nSPS) is 12.1. The molecule has 1 aromatic heterocycles. The molecule has 0 N–H and O–H groups in total. The molecule has 0 aliphatic carbocycles. The number of imidazole rings is 1. The molecule has 0 saturated carbocycles. The van der Waals surface area contributed by atoms with Crippen molar-refractivity contribution < 1.29 is 9.47 Å². The molecular weight excluding hydrogens is 368 g/mol. The van der Waals surface area contributed by atoms with Gasteiger partial charge < -0.3 is 14.0 Å². The molecule has 2 aromatic carbocycles. The summed E-state index contributed by atoms with van der Waals surface area (Å²) < 4.78 is 14.6. The molecule has 5 heteroatoms. The fourth-order valence-electron chi connectivity index (χ4n) is 2.51. The zero-order valence-electron chi connectivity index (χ0n) is 13.4. The second-order valence-electron chi connectivity index (χ2n) is 5.47. The number of hydrogen-bond acceptors (Lipinski definition) is 3. The molecule has 3 aromatic rings. The van der Waals surface area contributed by atoms with E-state index in [0.717, 1.165) is 21.3 Å². The molecule has 3 rings (SSSR count). The maximum absolute atomic E-state index is 6.22. The van der Waals surface area contributed by atoms with Crippen LogP contribution in [0.5, 0.6) is 5.75 Å². The summed E-state index contributed by atoms with van der Waals surface area (Å²) in [5.74, 6) is 0.838. The molecule has 24 heavy (non-hydrogen) atoms. The van der Waals surface area contributed by atoms with Gasteiger partial charge in [0, 0.05) is 16.9 Å². The van der Waals surface area contributed by atoms with Gasteiger partial charge in [0.25, 0.3) is 0 Å². The van der Waals surface area contributed by atoms with E-state index >= 15 is 0 Å². The Hall–Kier alpha value is -2.11. The topological polar surface area (TPSA) is 36.3 Å². The van der Waals surface area contributed by atoms with E-state index in [1.54, 1.807) is 19.6 Å². The van der Waals surface area contributed by atoms with Gasteiger partial charge in [-0.15, -0.1) is 0 Å². The van der Waals surface area contributed by atoms with Crippen LogP contribution in [-0.4, -0.2) is 16.7 Å². The van der Waals surface area contributed by atoms with E-state index in [9.17, 15) is 0 Å². The second-order valence-corrected chi connectivity index (χ2v) is 6.38. The number of aromatic nitrogens is 2. The first-order valence-electron chi connectivity index (χ1n) is 7.70. The fraction of sp³-hybridized carbons (Fsp3) is 0.211. The molecule has 0 fully saturated rings. The minimum atomic E-state index is -0.0668. The van der Waals surface area contributed by atoms with Gasteiger partial charge in [0.1, 0.15) is 11.9 Å². The molecule has 0 bridgehead atoms. The summed E-state index contributed by atoms with van der Waals surface area (Å²) in [6.45, 7) is 1.23. The Morgan fingerprint density at radius 2 is 2.04 bits per heavy atom. The fourth-order valence-corrected chi connectivity index (χ4v) is 2.92. The van der Waals surface area contributed by atoms with Crippen LogP contribution in [0.4, 0.5) is 0 Å². The smallest absolute Gasteiger partial charge is 0.119 e. The molecule has 0 saturated heterocycles. The highest BCUT2D eigenvalue weighted by atomic mass is 79.9. The van der Waals surface area contributed by atoms with Gasteiger partial charge in [-0.1, -0.05) is 40.2 Å². The third-order valence-electron chi connectivity index (χ3n) is 3.74. The first-order chi connectivity index (χ1) is 11.7. The molecule has 1 atom stereocenters. The summed E-state index contributed by atoms with van der Waals surface area (Å²) >= 11 is 3.53. The third-order valence-corrected chi connectivity index (χ3v) is 4.23. The highest BCUT2D eigenvalue weighted by molar-refractivity contribution is 9.10. The van der Waals surface area contributed by atoms with E-state index < -0.39 is 0 Å². The monoisotopic (exact) mass is 386 g/mol. The quantitative estimate of drug-likeness (QED) is 0.594. The number of methoxy groups -OCH3 is 1. The molecule has 0 amide bonds. The third kappa shape index (κ3) is 4.46. The van der Waals surface area contributed by atoms with E-state index in [4.69, 9.17) is 9.47 Å². The zero-order valence-corrected chi connectivity index (χ0v) is 15.0. The molecule has 0 aliphatic heterocycles. The summed E-state index contributed by atoms with van der Waals surface area (Å²) in [4.78, 5) is 4.11. The summed E-state index contributed by atoms with van der Waals surface area (Å²) in [6, 6.07) is 16.1. The average Bonchev–Trinajstić information content (AvgIpc) is 3.12. The van der Waals surface area contributed by atoms with Crippen LogP contribution in [0.25, 0.3) is 0 Å². The van der Waals surface area contributed by atoms with Crippen LogP contribution in [0.3, 0.4) is 0 Å². The van der Waals surface area contributed by atoms with Gasteiger partial charge in [-0.3, -0.25) is 0 Å². The molecule has 1 heterocycles. The second kappa shape index (κ2) is 8.13. The number of rotatable bonds is 7. The SMILES string of the molecule is COc1cccc(COC(Cn2ccnc2)c2cccc(Br)c2)c1. The van der Waals surface area contributed by atoms with Crippen molar-refractivity contribution in [3.63, 3.8) is 0 Å². The van der Waals surface area contributed by atoms with Crippen molar-refractivity contribution in [2.45, 2.75) is 19.3 Å². The van der Waals surface area contributed by atoms with Gasteiger partial charge in [0.2, 0.25) is 0 Å². The Morgan fingerprint density at radius 3 is 2.79 bits per heavy atom. The van der Waals surface area contributed by atoms with Gasteiger partial charge in [0.05, 0.1) is 26.6 Å². The zero-order chi connectivity index (χ0) is 16.8. The molecule has 4 nitrogen and oxygen atoms in total. The van der Waals surface area contributed by atoms with Crippen LogP contribution in [0.2, 0.25) is 0 Å². The molecule has 1 unspecified atom stereocenters. The highest BCUT2D eigenvalue weighted by Gasteiger charge is 2.14. The average molecular weight is 387 g/mol. The van der Waals surface area contributed by atoms with Gasteiger partial charge in [-0.25, -0.2) is 4.98 Å². The largest absolute Gasteiger partial charge is 0.497 e. The van der Waals surface area contributed by atoms with E-state index in [2.05, 4.69) is 33.0 Å². The van der Waals surface area contributed by atoms with Crippen molar-refractivity contribution in [3.8, 4) is 5.75 Å². The lowest BCUT2D eigenvalue weighted by molar-refractivity contribution is 0.0278. The predicted octanol–water partition coefficient (Wildman–Crippen LogP) is 4.61. The van der Waals surface area contributed by atoms with Gasteiger partial charge in [0.15, 0.2) is 0 Å². The van der Waals surface area contributed by atoms with E-state index in [1.807, 2.05) is 47.2 Å². The molecule has 124 valence electrons. The van der Waals surface area contributed by atoms with Crippen molar-refractivity contribution >= 4 is 15.9 Å². The van der Waals surface area contributed by atoms with Crippen LogP contribution in [0, 0.1) is 0 Å². The van der Waals surface area contributed by atoms with Gasteiger partial charge in [-0.05, 0) is 35.4 Å². The summed E-state index contributed by atoms with van der Waals surface area (Å²) in [7, 11) is 1.67. The molecule has 0 aliphatic rings. The van der Waals surface area contributed by atoms with Crippen LogP contribution in [-0.2, 0) is 17.9 Å². The highest BCUT2D eigenvalue weighted by Crippen LogP contribution is 2.25. The first kappa shape index (κ1) is 16.7. The van der Waals surface area contributed by atoms with Crippen molar-refractivity contribution in [1.29, 1.82) is 0 Å². The minimum absolute atomic E-state index is 0.0668. The predicted molar refractivity (Wildman–Crippen MR) is 96.9 cm³/mol. The lowest BCUT2D eigenvalue weighted by Crippen LogP contribution is -2.12. The van der Waals surface area contributed by atoms with Crippen molar-refractivity contribution in [2.75, 3.05) is 7.11 Å². The Kier molecular flexibility index (Phi) is 5.67. The van der Waals surface area contributed by atoms with Gasteiger partial charge in [-0.2, -0.15) is 0 Å². The van der Waals surface area contributed by atoms with Gasteiger partial charge >= 0.3 is 0 Å². The van der Waals surface area contributed by atoms with Crippen LogP contribution in [0.15, 0.2) is 71.7 Å². The van der Waals surface area contributed by atoms with Crippen LogP contribution < -0.4 is 4.74 Å². The minimum Gasteiger partial charge on any atom is -0.497 e. The first-order valence-corrected chi connectivity index (χ1v) is 8.49. The van der Waals surface area contributed by atoms with E-state index in [0.29, 0.717) is 13.2 Å². The summed E-state index contributed by atoms with van der Waals surface area (Å²) in [5.41, 5.74) is 2.21. The maximum atomic E-state index is 6.22. The summed E-state index contributed by atoms with van der Waals surface area (Å²) in [5, 5.41) is 0. The number of ether oxygens (including phenoxy) is 2. The van der Waals surface area contributed by atoms with Crippen LogP contribution in [0.1, 0.15) is 17.2 Å². The van der Waals surface area contributed by atoms with Crippen molar-refractivity contribution in [1.82, 2.24) is 9.55 Å². The molecule has 0 spiro atoms. The Labute approximate surface area is 150 Å².